The second-order valence-corrected chi connectivity index (χ2v) is 3.74. The van der Waals surface area contributed by atoms with Crippen LogP contribution in [0.4, 0.5) is 0 Å². The van der Waals surface area contributed by atoms with Crippen LogP contribution in [0.2, 0.25) is 0 Å². The lowest BCUT2D eigenvalue weighted by Gasteiger charge is -2.08. The average molecular weight is 263 g/mol. The molecular formula is C12H13N3O4. The SMILES string of the molecule is O=C(O)c1nnn(CCO)c1COc1ccccc1. The zero-order valence-electron chi connectivity index (χ0n) is 10.1. The highest BCUT2D eigenvalue weighted by Gasteiger charge is 2.19. The number of carboxylic acid groups (broad SMARTS) is 1. The fraction of sp³-hybridized carbons (Fsp3) is 0.250. The summed E-state index contributed by atoms with van der Waals surface area (Å²) >= 11 is 0. The van der Waals surface area contributed by atoms with Crippen LogP contribution in [-0.2, 0) is 13.2 Å². The van der Waals surface area contributed by atoms with Crippen LogP contribution in [0.5, 0.6) is 5.75 Å². The summed E-state index contributed by atoms with van der Waals surface area (Å²) in [4.78, 5) is 11.0. The van der Waals surface area contributed by atoms with Crippen molar-refractivity contribution >= 4 is 5.97 Å². The number of para-hydroxylation sites is 1. The van der Waals surface area contributed by atoms with Crippen LogP contribution >= 0.6 is 0 Å². The molecule has 0 radical (unpaired) electrons. The Balaban J connectivity index is 2.17. The lowest BCUT2D eigenvalue weighted by Crippen LogP contribution is -2.13. The number of rotatable bonds is 6. The van der Waals surface area contributed by atoms with E-state index in [-0.39, 0.29) is 25.5 Å². The van der Waals surface area contributed by atoms with Gasteiger partial charge in [0.05, 0.1) is 13.2 Å². The van der Waals surface area contributed by atoms with Crippen molar-refractivity contribution in [2.24, 2.45) is 0 Å². The summed E-state index contributed by atoms with van der Waals surface area (Å²) in [6.07, 6.45) is 0. The molecule has 0 aliphatic heterocycles. The summed E-state index contributed by atoms with van der Waals surface area (Å²) in [5, 5.41) is 25.2. The number of carbonyl (C=O) groups is 1. The minimum Gasteiger partial charge on any atom is -0.487 e. The molecule has 0 amide bonds. The van der Waals surface area contributed by atoms with E-state index in [1.165, 1.54) is 4.68 Å². The lowest BCUT2D eigenvalue weighted by molar-refractivity contribution is 0.0687. The molecule has 0 spiro atoms. The van der Waals surface area contributed by atoms with Crippen molar-refractivity contribution in [3.63, 3.8) is 0 Å². The topological polar surface area (TPSA) is 97.5 Å². The number of hydrogen-bond donors (Lipinski definition) is 2. The van der Waals surface area contributed by atoms with Crippen LogP contribution in [0, 0.1) is 0 Å². The van der Waals surface area contributed by atoms with Gasteiger partial charge in [-0.1, -0.05) is 23.4 Å². The van der Waals surface area contributed by atoms with Gasteiger partial charge in [0.25, 0.3) is 0 Å². The summed E-state index contributed by atoms with van der Waals surface area (Å²) in [6.45, 7) is 0.0488. The van der Waals surface area contributed by atoms with E-state index < -0.39 is 5.97 Å². The molecule has 1 aromatic heterocycles. The van der Waals surface area contributed by atoms with Gasteiger partial charge in [0.1, 0.15) is 18.1 Å². The van der Waals surface area contributed by atoms with Crippen LogP contribution < -0.4 is 4.74 Å². The van der Waals surface area contributed by atoms with Gasteiger partial charge in [-0.25, -0.2) is 9.48 Å². The van der Waals surface area contributed by atoms with Crippen molar-refractivity contribution in [3.05, 3.63) is 41.7 Å². The van der Waals surface area contributed by atoms with Crippen molar-refractivity contribution in [1.82, 2.24) is 15.0 Å². The van der Waals surface area contributed by atoms with Gasteiger partial charge in [0.2, 0.25) is 0 Å². The van der Waals surface area contributed by atoms with Gasteiger partial charge in [-0.2, -0.15) is 0 Å². The maximum absolute atomic E-state index is 11.0. The largest absolute Gasteiger partial charge is 0.487 e. The Kier molecular flexibility index (Phi) is 4.09. The number of hydrogen-bond acceptors (Lipinski definition) is 5. The Morgan fingerprint density at radius 3 is 2.68 bits per heavy atom. The Morgan fingerprint density at radius 1 is 1.32 bits per heavy atom. The maximum atomic E-state index is 11.0. The number of aliphatic hydroxyl groups excluding tert-OH is 1. The molecule has 2 aromatic rings. The molecule has 0 saturated carbocycles. The van der Waals surface area contributed by atoms with Crippen molar-refractivity contribution in [2.45, 2.75) is 13.2 Å². The van der Waals surface area contributed by atoms with Crippen LogP contribution in [0.15, 0.2) is 30.3 Å². The molecule has 100 valence electrons. The number of aromatic nitrogens is 3. The summed E-state index contributed by atoms with van der Waals surface area (Å²) in [7, 11) is 0. The number of aromatic carboxylic acids is 1. The standard InChI is InChI=1S/C12H13N3O4/c16-7-6-15-10(11(12(17)18)13-14-15)8-19-9-4-2-1-3-5-9/h1-5,16H,6-8H2,(H,17,18). The minimum atomic E-state index is -1.17. The Hall–Kier alpha value is -2.41. The molecule has 1 aromatic carbocycles. The first kappa shape index (κ1) is 13.0. The maximum Gasteiger partial charge on any atom is 0.358 e. The van der Waals surface area contributed by atoms with Gasteiger partial charge in [-0.3, -0.25) is 0 Å². The summed E-state index contributed by atoms with van der Waals surface area (Å²) in [6, 6.07) is 9.02. The summed E-state index contributed by atoms with van der Waals surface area (Å²) in [5.41, 5.74) is 0.162. The zero-order chi connectivity index (χ0) is 13.7. The third-order valence-corrected chi connectivity index (χ3v) is 2.47. The van der Waals surface area contributed by atoms with Gasteiger partial charge in [-0.05, 0) is 12.1 Å². The molecule has 0 aliphatic carbocycles. The third-order valence-electron chi connectivity index (χ3n) is 2.47. The second-order valence-electron chi connectivity index (χ2n) is 3.74. The molecule has 2 rings (SSSR count). The normalized spacial score (nSPS) is 10.4. The fourth-order valence-corrected chi connectivity index (χ4v) is 1.58. The minimum absolute atomic E-state index is 0.0264. The van der Waals surface area contributed by atoms with E-state index in [2.05, 4.69) is 10.3 Å². The number of aliphatic hydroxyl groups is 1. The highest BCUT2D eigenvalue weighted by molar-refractivity contribution is 5.86. The quantitative estimate of drug-likeness (QED) is 0.789. The predicted molar refractivity (Wildman–Crippen MR) is 64.8 cm³/mol. The van der Waals surface area contributed by atoms with E-state index in [1.807, 2.05) is 18.2 Å². The number of nitrogens with zero attached hydrogens (tertiary/aromatic N) is 3. The van der Waals surface area contributed by atoms with Crippen molar-refractivity contribution in [2.75, 3.05) is 6.61 Å². The van der Waals surface area contributed by atoms with E-state index in [0.29, 0.717) is 11.4 Å². The number of carboxylic acids is 1. The first-order chi connectivity index (χ1) is 9.22. The van der Waals surface area contributed by atoms with Crippen molar-refractivity contribution in [3.8, 4) is 5.75 Å². The third kappa shape index (κ3) is 3.08. The molecular weight excluding hydrogens is 250 g/mol. The van der Waals surface area contributed by atoms with Gasteiger partial charge in [0, 0.05) is 0 Å². The van der Waals surface area contributed by atoms with Crippen LogP contribution in [0.25, 0.3) is 0 Å². The molecule has 0 atom stereocenters. The molecule has 1 heterocycles. The fourth-order valence-electron chi connectivity index (χ4n) is 1.58. The zero-order valence-corrected chi connectivity index (χ0v) is 10.1. The first-order valence-electron chi connectivity index (χ1n) is 5.66. The second kappa shape index (κ2) is 5.96. The lowest BCUT2D eigenvalue weighted by atomic mass is 10.3. The number of benzene rings is 1. The van der Waals surface area contributed by atoms with Gasteiger partial charge in [-0.15, -0.1) is 5.10 Å². The average Bonchev–Trinajstić information content (AvgIpc) is 2.81. The summed E-state index contributed by atoms with van der Waals surface area (Å²) < 4.78 is 6.81. The molecule has 0 unspecified atom stereocenters. The van der Waals surface area contributed by atoms with Gasteiger partial charge < -0.3 is 14.9 Å². The van der Waals surface area contributed by atoms with E-state index in [0.717, 1.165) is 0 Å². The molecule has 7 heteroatoms. The van der Waals surface area contributed by atoms with Crippen molar-refractivity contribution in [1.29, 1.82) is 0 Å². The highest BCUT2D eigenvalue weighted by Crippen LogP contribution is 2.13. The monoisotopic (exact) mass is 263 g/mol. The Labute approximate surface area is 109 Å². The van der Waals surface area contributed by atoms with Crippen LogP contribution in [-0.4, -0.2) is 37.8 Å². The van der Waals surface area contributed by atoms with E-state index in [4.69, 9.17) is 14.9 Å². The molecule has 2 N–H and O–H groups in total. The van der Waals surface area contributed by atoms with E-state index in [9.17, 15) is 4.79 Å². The molecule has 7 nitrogen and oxygen atoms in total. The van der Waals surface area contributed by atoms with Gasteiger partial charge >= 0.3 is 5.97 Å². The Morgan fingerprint density at radius 2 is 2.05 bits per heavy atom. The van der Waals surface area contributed by atoms with E-state index >= 15 is 0 Å². The van der Waals surface area contributed by atoms with Crippen LogP contribution in [0.1, 0.15) is 16.2 Å². The first-order valence-corrected chi connectivity index (χ1v) is 5.66. The molecule has 0 bridgehead atoms. The number of ether oxygens (including phenoxy) is 1. The van der Waals surface area contributed by atoms with Gasteiger partial charge in [0.15, 0.2) is 5.69 Å². The predicted octanol–water partition coefficient (Wildman–Crippen LogP) is 0.548. The van der Waals surface area contributed by atoms with Crippen LogP contribution in [0.3, 0.4) is 0 Å². The Bertz CT molecular complexity index is 553. The highest BCUT2D eigenvalue weighted by atomic mass is 16.5. The van der Waals surface area contributed by atoms with Crippen molar-refractivity contribution < 1.29 is 19.7 Å². The molecule has 0 saturated heterocycles. The smallest absolute Gasteiger partial charge is 0.358 e. The molecule has 0 aliphatic rings. The summed E-state index contributed by atoms with van der Waals surface area (Å²) in [5.74, 6) is -0.550. The molecule has 19 heavy (non-hydrogen) atoms. The van der Waals surface area contributed by atoms with E-state index in [1.54, 1.807) is 12.1 Å². The molecule has 0 fully saturated rings.